The number of hydrogen-bond donors (Lipinski definition) is 1. The molecule has 4 aromatic rings. The van der Waals surface area contributed by atoms with E-state index in [1.54, 1.807) is 38.5 Å². The zero-order valence-electron chi connectivity index (χ0n) is 28.5. The van der Waals surface area contributed by atoms with Crippen LogP contribution in [0.2, 0.25) is 0 Å². The maximum absolute atomic E-state index is 15.8. The SMILES string of the molecule is COc1ccc(C(NC2=N[C@](C)(c3cc(B4OCC(C)(C)CO4)ccc3F)C[C@@H](C(F)(F)F)O2)(c2ccccc2)c2ccc(OC)cc2)cc1. The number of nitrogens with zero attached hydrogens (tertiary/aromatic N) is 1. The molecule has 0 saturated carbocycles. The highest BCUT2D eigenvalue weighted by molar-refractivity contribution is 6.61. The maximum Gasteiger partial charge on any atom is 0.493 e. The molecule has 262 valence electrons. The smallest absolute Gasteiger partial charge is 0.493 e. The van der Waals surface area contributed by atoms with Crippen LogP contribution in [0.5, 0.6) is 11.5 Å². The van der Waals surface area contributed by atoms with E-state index in [-0.39, 0.29) is 11.0 Å². The van der Waals surface area contributed by atoms with E-state index in [4.69, 9.17) is 28.5 Å². The molecule has 0 amide bonds. The van der Waals surface area contributed by atoms with Crippen molar-refractivity contribution in [2.24, 2.45) is 10.4 Å². The molecule has 1 saturated heterocycles. The lowest BCUT2D eigenvalue weighted by molar-refractivity contribution is -0.209. The predicted molar refractivity (Wildman–Crippen MR) is 183 cm³/mol. The fourth-order valence-corrected chi connectivity index (χ4v) is 6.48. The van der Waals surface area contributed by atoms with E-state index in [0.717, 1.165) is 0 Å². The monoisotopic (exact) mass is 690 g/mol. The molecule has 50 heavy (non-hydrogen) atoms. The molecule has 12 heteroatoms. The second-order valence-electron chi connectivity index (χ2n) is 13.6. The molecule has 2 atom stereocenters. The van der Waals surface area contributed by atoms with Crippen LogP contribution in [0.25, 0.3) is 0 Å². The van der Waals surface area contributed by atoms with Gasteiger partial charge in [0.25, 0.3) is 6.02 Å². The van der Waals surface area contributed by atoms with Gasteiger partial charge < -0.3 is 28.8 Å². The second kappa shape index (κ2) is 13.6. The molecular weight excluding hydrogens is 651 g/mol. The van der Waals surface area contributed by atoms with Crippen LogP contribution in [-0.4, -0.2) is 52.9 Å². The molecule has 1 N–H and O–H groups in total. The van der Waals surface area contributed by atoms with Crippen molar-refractivity contribution in [3.05, 3.63) is 125 Å². The molecule has 2 aliphatic rings. The number of amidine groups is 1. The van der Waals surface area contributed by atoms with Crippen LogP contribution in [0.15, 0.2) is 102 Å². The first-order valence-corrected chi connectivity index (χ1v) is 16.3. The lowest BCUT2D eigenvalue weighted by Crippen LogP contribution is -2.54. The topological polar surface area (TPSA) is 70.5 Å². The van der Waals surface area contributed by atoms with Crippen molar-refractivity contribution in [1.29, 1.82) is 0 Å². The fourth-order valence-electron chi connectivity index (χ4n) is 6.48. The number of aliphatic imine (C=N–C) groups is 1. The third-order valence-electron chi connectivity index (χ3n) is 9.19. The minimum Gasteiger partial charge on any atom is -0.497 e. The Hall–Kier alpha value is -4.55. The first-order valence-electron chi connectivity index (χ1n) is 16.3. The molecule has 0 unspecified atom stereocenters. The molecule has 2 aliphatic heterocycles. The third kappa shape index (κ3) is 7.04. The van der Waals surface area contributed by atoms with Crippen LogP contribution in [0.4, 0.5) is 17.6 Å². The van der Waals surface area contributed by atoms with E-state index < -0.39 is 48.7 Å². The van der Waals surface area contributed by atoms with E-state index in [0.29, 0.717) is 46.9 Å². The summed E-state index contributed by atoms with van der Waals surface area (Å²) in [6.07, 6.45) is -7.77. The normalized spacial score (nSPS) is 20.8. The zero-order chi connectivity index (χ0) is 35.7. The molecule has 7 nitrogen and oxygen atoms in total. The predicted octanol–water partition coefficient (Wildman–Crippen LogP) is 7.12. The number of nitrogens with one attached hydrogen (secondary N) is 1. The summed E-state index contributed by atoms with van der Waals surface area (Å²) in [5, 5.41) is 3.30. The van der Waals surface area contributed by atoms with Crippen LogP contribution < -0.4 is 20.3 Å². The van der Waals surface area contributed by atoms with Gasteiger partial charge in [0.05, 0.1) is 19.8 Å². The average Bonchev–Trinajstić information content (AvgIpc) is 3.11. The lowest BCUT2D eigenvalue weighted by Gasteiger charge is -2.42. The quantitative estimate of drug-likeness (QED) is 0.121. The number of alkyl halides is 3. The second-order valence-corrected chi connectivity index (χ2v) is 13.6. The van der Waals surface area contributed by atoms with Gasteiger partial charge in [0.2, 0.25) is 0 Å². The van der Waals surface area contributed by atoms with Crippen LogP contribution in [-0.2, 0) is 25.1 Å². The summed E-state index contributed by atoms with van der Waals surface area (Å²) in [6.45, 7) is 6.27. The maximum atomic E-state index is 15.8. The van der Waals surface area contributed by atoms with Gasteiger partial charge in [-0.05, 0) is 59.4 Å². The number of rotatable bonds is 8. The van der Waals surface area contributed by atoms with Crippen molar-refractivity contribution < 1.29 is 41.1 Å². The molecule has 0 radical (unpaired) electrons. The van der Waals surface area contributed by atoms with E-state index in [9.17, 15) is 13.2 Å². The van der Waals surface area contributed by atoms with Gasteiger partial charge in [0.15, 0.2) is 6.10 Å². The number of hydrogen-bond acceptors (Lipinski definition) is 7. The Bertz CT molecular complexity index is 1760. The summed E-state index contributed by atoms with van der Waals surface area (Å²) >= 11 is 0. The van der Waals surface area contributed by atoms with E-state index in [1.807, 2.05) is 68.4 Å². The highest BCUT2D eigenvalue weighted by Crippen LogP contribution is 2.43. The Morgan fingerprint density at radius 1 is 0.780 bits per heavy atom. The van der Waals surface area contributed by atoms with Gasteiger partial charge >= 0.3 is 13.3 Å². The molecule has 2 heterocycles. The highest BCUT2D eigenvalue weighted by Gasteiger charge is 2.52. The minimum atomic E-state index is -4.80. The van der Waals surface area contributed by atoms with E-state index in [1.165, 1.54) is 25.1 Å². The van der Waals surface area contributed by atoms with Crippen LogP contribution in [0.1, 0.15) is 49.4 Å². The van der Waals surface area contributed by atoms with Gasteiger partial charge in [-0.3, -0.25) is 0 Å². The number of ether oxygens (including phenoxy) is 3. The molecular formula is C38H39BF4N2O5. The Kier molecular flexibility index (Phi) is 9.63. The fraction of sp³-hybridized carbons (Fsp3) is 0.342. The first kappa shape index (κ1) is 35.3. The summed E-state index contributed by atoms with van der Waals surface area (Å²) in [5.74, 6) is 0.468. The molecule has 0 spiro atoms. The van der Waals surface area contributed by atoms with E-state index >= 15 is 4.39 Å². The van der Waals surface area contributed by atoms with Gasteiger partial charge in [0, 0.05) is 30.6 Å². The molecule has 0 aromatic heterocycles. The van der Waals surface area contributed by atoms with Gasteiger partial charge in [-0.15, -0.1) is 0 Å². The molecule has 0 bridgehead atoms. The van der Waals surface area contributed by atoms with E-state index in [2.05, 4.69) is 5.32 Å². The van der Waals surface area contributed by atoms with Crippen molar-refractivity contribution in [1.82, 2.24) is 5.32 Å². The van der Waals surface area contributed by atoms with Crippen molar-refractivity contribution >= 4 is 18.6 Å². The number of benzene rings is 4. The van der Waals surface area contributed by atoms with Crippen LogP contribution in [0, 0.1) is 11.2 Å². The van der Waals surface area contributed by atoms with Gasteiger partial charge in [-0.2, -0.15) is 13.2 Å². The van der Waals surface area contributed by atoms with Crippen LogP contribution >= 0.6 is 0 Å². The first-order chi connectivity index (χ1) is 23.8. The van der Waals surface area contributed by atoms with Crippen molar-refractivity contribution in [3.8, 4) is 11.5 Å². The summed E-state index contributed by atoms with van der Waals surface area (Å²) in [6, 6.07) is 27.4. The summed E-state index contributed by atoms with van der Waals surface area (Å²) in [5.41, 5.74) is -0.841. The highest BCUT2D eigenvalue weighted by atomic mass is 19.4. The number of halogens is 4. The number of methoxy groups -OCH3 is 2. The van der Waals surface area contributed by atoms with Crippen molar-refractivity contribution in [3.63, 3.8) is 0 Å². The standard InChI is InChI=1S/C38H39BF4N2O5/c1-35(2)23-48-39(49-24-35)28-15-20-32(40)31(21-28)36(3)22-33(38(41,42)43)50-34(44-36)45-37(25-9-7-6-8-10-25,26-11-16-29(46-4)17-12-26)27-13-18-30(47-5)19-14-27/h6-21,33H,22-24H2,1-5H3,(H,44,45)/t33-,36-/m0/s1. The van der Waals surface area contributed by atoms with Gasteiger partial charge in [-0.1, -0.05) is 80.6 Å². The largest absolute Gasteiger partial charge is 0.497 e. The molecule has 4 aromatic carbocycles. The summed E-state index contributed by atoms with van der Waals surface area (Å²) < 4.78 is 88.3. The van der Waals surface area contributed by atoms with Gasteiger partial charge in [0.1, 0.15) is 22.9 Å². The van der Waals surface area contributed by atoms with Crippen molar-refractivity contribution in [2.75, 3.05) is 27.4 Å². The third-order valence-corrected chi connectivity index (χ3v) is 9.19. The van der Waals surface area contributed by atoms with Gasteiger partial charge in [-0.25, -0.2) is 9.38 Å². The Labute approximate surface area is 289 Å². The average molecular weight is 691 g/mol. The van der Waals surface area contributed by atoms with Crippen molar-refractivity contribution in [2.45, 2.75) is 50.6 Å². The Morgan fingerprint density at radius 3 is 1.84 bits per heavy atom. The Morgan fingerprint density at radius 2 is 1.32 bits per heavy atom. The minimum absolute atomic E-state index is 0.0388. The Balaban J connectivity index is 1.52. The van der Waals surface area contributed by atoms with Crippen LogP contribution in [0.3, 0.4) is 0 Å². The lowest BCUT2D eigenvalue weighted by atomic mass is 9.73. The summed E-state index contributed by atoms with van der Waals surface area (Å²) in [7, 11) is 2.29. The molecule has 6 rings (SSSR count). The molecule has 1 fully saturated rings. The molecule has 0 aliphatic carbocycles. The zero-order valence-corrected chi connectivity index (χ0v) is 28.5. The summed E-state index contributed by atoms with van der Waals surface area (Å²) in [4.78, 5) is 4.76.